The largest absolute Gasteiger partial charge is 0.299 e. The van der Waals surface area contributed by atoms with Gasteiger partial charge in [-0.15, -0.1) is 0 Å². The summed E-state index contributed by atoms with van der Waals surface area (Å²) in [5.41, 5.74) is 1.49. The van der Waals surface area contributed by atoms with Crippen LogP contribution >= 0.6 is 0 Å². The number of hydrogen-bond donors (Lipinski definition) is 0. The Hall–Kier alpha value is -0.820. The minimum Gasteiger partial charge on any atom is -0.299 e. The van der Waals surface area contributed by atoms with Gasteiger partial charge in [0.1, 0.15) is 0 Å². The van der Waals surface area contributed by atoms with Crippen LogP contribution in [0.15, 0.2) is 30.3 Å². The molecule has 0 saturated carbocycles. The molecule has 294 valence electrons. The second-order valence-corrected chi connectivity index (χ2v) is 16.5. The third-order valence-corrected chi connectivity index (χ3v) is 11.4. The van der Waals surface area contributed by atoms with Crippen molar-refractivity contribution in [2.75, 3.05) is 13.1 Å². The van der Waals surface area contributed by atoms with E-state index in [0.29, 0.717) is 0 Å². The molecule has 1 rings (SSSR count). The molecule has 50 heavy (non-hydrogen) atoms. The van der Waals surface area contributed by atoms with Crippen molar-refractivity contribution in [1.29, 1.82) is 0 Å². The summed E-state index contributed by atoms with van der Waals surface area (Å²) >= 11 is 0. The standard InChI is InChI=1S/C49H93N/c1-3-5-7-9-11-13-15-17-19-21-23-25-27-29-31-33-35-37-42-46-50(48-49-44-40-39-41-45-49)47-43-38-36-34-32-30-28-26-24-22-20-18-16-14-12-10-8-6-4-2/h39-41,44-45H,3-38,42-43,46-48H2,1-2H3. The molecule has 1 aromatic carbocycles. The first-order chi connectivity index (χ1) is 24.9. The molecular weight excluding hydrogens is 603 g/mol. The third kappa shape index (κ3) is 35.6. The zero-order valence-corrected chi connectivity index (χ0v) is 34.8. The van der Waals surface area contributed by atoms with E-state index in [9.17, 15) is 0 Å². The van der Waals surface area contributed by atoms with Crippen LogP contribution in [-0.4, -0.2) is 18.0 Å². The molecule has 0 fully saturated rings. The molecule has 0 amide bonds. The van der Waals surface area contributed by atoms with Gasteiger partial charge in [0, 0.05) is 6.54 Å². The van der Waals surface area contributed by atoms with Gasteiger partial charge in [-0.2, -0.15) is 0 Å². The Balaban J connectivity index is 1.93. The molecule has 0 aliphatic carbocycles. The van der Waals surface area contributed by atoms with Gasteiger partial charge in [-0.05, 0) is 31.5 Å². The van der Waals surface area contributed by atoms with Crippen molar-refractivity contribution < 1.29 is 0 Å². The van der Waals surface area contributed by atoms with Crippen LogP contribution in [0.3, 0.4) is 0 Å². The maximum atomic E-state index is 2.76. The Morgan fingerprint density at radius 3 is 0.740 bits per heavy atom. The molecule has 0 N–H and O–H groups in total. The maximum absolute atomic E-state index is 2.76. The van der Waals surface area contributed by atoms with Gasteiger partial charge in [-0.1, -0.05) is 275 Å². The minimum atomic E-state index is 1.14. The fourth-order valence-corrected chi connectivity index (χ4v) is 7.94. The van der Waals surface area contributed by atoms with Crippen LogP contribution in [0.2, 0.25) is 0 Å². The van der Waals surface area contributed by atoms with Crippen LogP contribution in [0.4, 0.5) is 0 Å². The molecule has 0 aliphatic rings. The number of hydrogen-bond acceptors (Lipinski definition) is 1. The summed E-state index contributed by atoms with van der Waals surface area (Å²) in [6.07, 6.45) is 55.4. The van der Waals surface area contributed by atoms with E-state index in [0.717, 1.165) is 6.54 Å². The Labute approximate surface area is 317 Å². The monoisotopic (exact) mass is 696 g/mol. The van der Waals surface area contributed by atoms with Crippen LogP contribution in [0.25, 0.3) is 0 Å². The van der Waals surface area contributed by atoms with Crippen molar-refractivity contribution in [1.82, 2.24) is 4.90 Å². The fourth-order valence-electron chi connectivity index (χ4n) is 7.94. The highest BCUT2D eigenvalue weighted by molar-refractivity contribution is 5.14. The maximum Gasteiger partial charge on any atom is 0.0233 e. The predicted octanol–water partition coefficient (Wildman–Crippen LogP) is 17.4. The van der Waals surface area contributed by atoms with Gasteiger partial charge >= 0.3 is 0 Å². The van der Waals surface area contributed by atoms with Crippen molar-refractivity contribution in [3.63, 3.8) is 0 Å². The minimum absolute atomic E-state index is 1.14. The van der Waals surface area contributed by atoms with Gasteiger partial charge in [0.25, 0.3) is 0 Å². The van der Waals surface area contributed by atoms with E-state index in [1.807, 2.05) is 0 Å². The van der Waals surface area contributed by atoms with Gasteiger partial charge in [0.15, 0.2) is 0 Å². The van der Waals surface area contributed by atoms with E-state index in [2.05, 4.69) is 49.1 Å². The molecule has 0 aliphatic heterocycles. The highest BCUT2D eigenvalue weighted by atomic mass is 15.1. The van der Waals surface area contributed by atoms with Gasteiger partial charge < -0.3 is 0 Å². The lowest BCUT2D eigenvalue weighted by molar-refractivity contribution is 0.252. The van der Waals surface area contributed by atoms with Crippen LogP contribution in [0.5, 0.6) is 0 Å². The van der Waals surface area contributed by atoms with Crippen molar-refractivity contribution in [3.05, 3.63) is 35.9 Å². The molecule has 0 bridgehead atoms. The van der Waals surface area contributed by atoms with Crippen molar-refractivity contribution >= 4 is 0 Å². The van der Waals surface area contributed by atoms with Gasteiger partial charge in [-0.25, -0.2) is 0 Å². The first-order valence-corrected chi connectivity index (χ1v) is 23.6. The average Bonchev–Trinajstić information content (AvgIpc) is 3.13. The first-order valence-electron chi connectivity index (χ1n) is 23.6. The molecule has 0 spiro atoms. The Bertz CT molecular complexity index is 686. The van der Waals surface area contributed by atoms with Crippen molar-refractivity contribution in [3.8, 4) is 0 Å². The average molecular weight is 696 g/mol. The van der Waals surface area contributed by atoms with Gasteiger partial charge in [0.05, 0.1) is 0 Å². The Morgan fingerprint density at radius 2 is 0.500 bits per heavy atom. The molecule has 1 nitrogen and oxygen atoms in total. The molecule has 0 heterocycles. The van der Waals surface area contributed by atoms with E-state index in [1.165, 1.54) is 263 Å². The number of nitrogens with zero attached hydrogens (tertiary/aromatic N) is 1. The number of unbranched alkanes of at least 4 members (excludes halogenated alkanes) is 36. The predicted molar refractivity (Wildman–Crippen MR) is 229 cm³/mol. The SMILES string of the molecule is CCCCCCCCCCCCCCCCCCCCCN(CCCCCCCCCCCCCCCCCCCCC)Cc1ccccc1. The first kappa shape index (κ1) is 47.2. The lowest BCUT2D eigenvalue weighted by Gasteiger charge is -2.22. The van der Waals surface area contributed by atoms with Gasteiger partial charge in [-0.3, -0.25) is 4.90 Å². The zero-order chi connectivity index (χ0) is 35.7. The Kier molecular flexibility index (Phi) is 38.7. The molecular formula is C49H93N. The van der Waals surface area contributed by atoms with E-state index in [1.54, 1.807) is 0 Å². The van der Waals surface area contributed by atoms with Gasteiger partial charge in [0.2, 0.25) is 0 Å². The van der Waals surface area contributed by atoms with E-state index in [4.69, 9.17) is 0 Å². The van der Waals surface area contributed by atoms with E-state index in [-0.39, 0.29) is 0 Å². The van der Waals surface area contributed by atoms with Crippen molar-refractivity contribution in [2.24, 2.45) is 0 Å². The quantitative estimate of drug-likeness (QED) is 0.0615. The highest BCUT2D eigenvalue weighted by Gasteiger charge is 2.06. The van der Waals surface area contributed by atoms with Crippen molar-refractivity contribution in [2.45, 2.75) is 264 Å². The van der Waals surface area contributed by atoms with E-state index >= 15 is 0 Å². The normalized spacial score (nSPS) is 11.7. The zero-order valence-electron chi connectivity index (χ0n) is 34.8. The fraction of sp³-hybridized carbons (Fsp3) is 0.878. The summed E-state index contributed by atoms with van der Waals surface area (Å²) in [5, 5.41) is 0. The second kappa shape index (κ2) is 40.9. The summed E-state index contributed by atoms with van der Waals surface area (Å²) in [6.45, 7) is 8.33. The van der Waals surface area contributed by atoms with Crippen LogP contribution < -0.4 is 0 Å². The smallest absolute Gasteiger partial charge is 0.0233 e. The molecule has 0 atom stereocenters. The second-order valence-electron chi connectivity index (χ2n) is 16.5. The Morgan fingerprint density at radius 1 is 0.280 bits per heavy atom. The lowest BCUT2D eigenvalue weighted by atomic mass is 10.0. The van der Waals surface area contributed by atoms with E-state index < -0.39 is 0 Å². The molecule has 0 saturated heterocycles. The molecule has 0 aromatic heterocycles. The number of benzene rings is 1. The molecule has 1 heteroatoms. The molecule has 0 radical (unpaired) electrons. The molecule has 1 aromatic rings. The number of rotatable bonds is 42. The highest BCUT2D eigenvalue weighted by Crippen LogP contribution is 2.17. The van der Waals surface area contributed by atoms with Crippen LogP contribution in [0.1, 0.15) is 263 Å². The summed E-state index contributed by atoms with van der Waals surface area (Å²) in [7, 11) is 0. The molecule has 0 unspecified atom stereocenters. The third-order valence-electron chi connectivity index (χ3n) is 11.4. The van der Waals surface area contributed by atoms with Crippen LogP contribution in [0, 0.1) is 0 Å². The lowest BCUT2D eigenvalue weighted by Crippen LogP contribution is -2.25. The topological polar surface area (TPSA) is 3.24 Å². The van der Waals surface area contributed by atoms with Crippen LogP contribution in [-0.2, 0) is 6.54 Å². The summed E-state index contributed by atoms with van der Waals surface area (Å²) < 4.78 is 0. The summed E-state index contributed by atoms with van der Waals surface area (Å²) in [6, 6.07) is 11.2. The summed E-state index contributed by atoms with van der Waals surface area (Å²) in [4.78, 5) is 2.76. The summed E-state index contributed by atoms with van der Waals surface area (Å²) in [5.74, 6) is 0.